The average Bonchev–Trinajstić information content (AvgIpc) is 3.15. The zero-order chi connectivity index (χ0) is 18.5. The van der Waals surface area contributed by atoms with E-state index in [9.17, 15) is 14.0 Å². The fourth-order valence-electron chi connectivity index (χ4n) is 2.79. The van der Waals surface area contributed by atoms with E-state index >= 15 is 0 Å². The van der Waals surface area contributed by atoms with Crippen molar-refractivity contribution < 1.29 is 23.8 Å². The number of aliphatic carboxylic acids is 1. The molecule has 5 nitrogen and oxygen atoms in total. The lowest BCUT2D eigenvalue weighted by Crippen LogP contribution is -2.46. The molecule has 0 aliphatic carbocycles. The van der Waals surface area contributed by atoms with E-state index in [4.69, 9.17) is 9.84 Å². The van der Waals surface area contributed by atoms with Crippen LogP contribution in [0.2, 0.25) is 0 Å². The Labute approximate surface area is 154 Å². The highest BCUT2D eigenvalue weighted by Gasteiger charge is 2.28. The van der Waals surface area contributed by atoms with Gasteiger partial charge < -0.3 is 14.7 Å². The van der Waals surface area contributed by atoms with E-state index in [2.05, 4.69) is 0 Å². The maximum absolute atomic E-state index is 13.1. The summed E-state index contributed by atoms with van der Waals surface area (Å²) in [6.07, 6.45) is 1.08. The number of carboxylic acids is 1. The van der Waals surface area contributed by atoms with Gasteiger partial charge in [-0.2, -0.15) is 0 Å². The van der Waals surface area contributed by atoms with Crippen molar-refractivity contribution >= 4 is 34.9 Å². The van der Waals surface area contributed by atoms with Gasteiger partial charge in [-0.3, -0.25) is 9.59 Å². The number of hydrogen-bond acceptors (Lipinski definition) is 4. The van der Waals surface area contributed by atoms with Gasteiger partial charge in [0.1, 0.15) is 5.82 Å². The number of amides is 1. The molecule has 0 spiro atoms. The van der Waals surface area contributed by atoms with Crippen LogP contribution in [0.4, 0.5) is 4.39 Å². The lowest BCUT2D eigenvalue weighted by atomic mass is 10.1. The van der Waals surface area contributed by atoms with Gasteiger partial charge >= 0.3 is 5.97 Å². The molecule has 26 heavy (non-hydrogen) atoms. The molecule has 136 valence electrons. The summed E-state index contributed by atoms with van der Waals surface area (Å²) in [5.41, 5.74) is 1.22. The highest BCUT2D eigenvalue weighted by Crippen LogP contribution is 2.26. The molecule has 0 radical (unpaired) electrons. The summed E-state index contributed by atoms with van der Waals surface area (Å²) in [4.78, 5) is 26.4. The van der Waals surface area contributed by atoms with Crippen LogP contribution < -0.4 is 0 Å². The monoisotopic (exact) mass is 375 g/mol. The fraction of sp³-hybridized carbons (Fsp3) is 0.263. The molecule has 1 atom stereocenters. The van der Waals surface area contributed by atoms with Crippen molar-refractivity contribution in [2.75, 3.05) is 19.7 Å². The molecule has 1 aliphatic heterocycles. The molecule has 2 aromatic rings. The van der Waals surface area contributed by atoms with Crippen LogP contribution in [0, 0.1) is 5.82 Å². The molecule has 3 rings (SSSR count). The summed E-state index contributed by atoms with van der Waals surface area (Å²) >= 11 is 1.44. The molecule has 0 saturated carbocycles. The van der Waals surface area contributed by atoms with E-state index in [1.807, 2.05) is 17.5 Å². The molecule has 0 bridgehead atoms. The molecule has 7 heteroatoms. The van der Waals surface area contributed by atoms with Crippen molar-refractivity contribution in [2.24, 2.45) is 0 Å². The van der Waals surface area contributed by atoms with Crippen molar-refractivity contribution in [1.29, 1.82) is 0 Å². The van der Waals surface area contributed by atoms with Gasteiger partial charge in [0.25, 0.3) is 5.91 Å². The topological polar surface area (TPSA) is 66.8 Å². The second-order valence-corrected chi connectivity index (χ2v) is 6.88. The molecule has 1 unspecified atom stereocenters. The Morgan fingerprint density at radius 2 is 2.08 bits per heavy atom. The summed E-state index contributed by atoms with van der Waals surface area (Å²) in [6, 6.07) is 9.64. The third-order valence-electron chi connectivity index (χ3n) is 4.03. The Morgan fingerprint density at radius 3 is 2.73 bits per heavy atom. The van der Waals surface area contributed by atoms with E-state index in [-0.39, 0.29) is 24.7 Å². The van der Waals surface area contributed by atoms with Gasteiger partial charge in [0.2, 0.25) is 0 Å². The first-order chi connectivity index (χ1) is 12.5. The van der Waals surface area contributed by atoms with Crippen LogP contribution in [0.25, 0.3) is 11.6 Å². The number of benzene rings is 1. The van der Waals surface area contributed by atoms with E-state index in [0.717, 1.165) is 10.4 Å². The zero-order valence-corrected chi connectivity index (χ0v) is 14.7. The summed E-state index contributed by atoms with van der Waals surface area (Å²) < 4.78 is 18.6. The van der Waals surface area contributed by atoms with Crippen molar-refractivity contribution in [2.45, 2.75) is 12.5 Å². The van der Waals surface area contributed by atoms with E-state index in [0.29, 0.717) is 18.7 Å². The Hall–Kier alpha value is -2.51. The van der Waals surface area contributed by atoms with Gasteiger partial charge in [0, 0.05) is 18.0 Å². The van der Waals surface area contributed by atoms with Crippen molar-refractivity contribution in [3.05, 3.63) is 58.0 Å². The molecule has 1 aliphatic rings. The minimum Gasteiger partial charge on any atom is -0.481 e. The third kappa shape index (κ3) is 4.56. The minimum absolute atomic E-state index is 0.139. The lowest BCUT2D eigenvalue weighted by Gasteiger charge is -2.32. The summed E-state index contributed by atoms with van der Waals surface area (Å²) in [6.45, 7) is 0.941. The van der Waals surface area contributed by atoms with Crippen LogP contribution in [-0.2, 0) is 14.3 Å². The highest BCUT2D eigenvalue weighted by atomic mass is 32.1. The number of carboxylic acid groups (broad SMARTS) is 1. The SMILES string of the molecule is O=C(O)CC1CN(C(=O)C(=Cc2ccc(F)cc2)c2cccs2)CCO1. The fourth-order valence-corrected chi connectivity index (χ4v) is 3.52. The molecule has 2 heterocycles. The zero-order valence-electron chi connectivity index (χ0n) is 13.9. The number of carbonyl (C=O) groups excluding carboxylic acids is 1. The first kappa shape index (κ1) is 18.3. The molecule has 1 fully saturated rings. The number of rotatable bonds is 5. The molecule has 1 aromatic heterocycles. The van der Waals surface area contributed by atoms with Crippen LogP contribution >= 0.6 is 11.3 Å². The predicted octanol–water partition coefficient (Wildman–Crippen LogP) is 3.13. The largest absolute Gasteiger partial charge is 0.481 e. The molecular formula is C19H18FNO4S. The van der Waals surface area contributed by atoms with Gasteiger partial charge in [0.15, 0.2) is 0 Å². The summed E-state index contributed by atoms with van der Waals surface area (Å²) in [7, 11) is 0. The van der Waals surface area contributed by atoms with E-state index in [1.165, 1.54) is 23.5 Å². The number of nitrogens with zero attached hydrogens (tertiary/aromatic N) is 1. The second-order valence-electron chi connectivity index (χ2n) is 5.93. The Bertz CT molecular complexity index is 801. The van der Waals surface area contributed by atoms with Gasteiger partial charge in [-0.15, -0.1) is 11.3 Å². The molecule has 1 aromatic carbocycles. The third-order valence-corrected chi connectivity index (χ3v) is 4.93. The molecular weight excluding hydrogens is 357 g/mol. The van der Waals surface area contributed by atoms with Crippen molar-refractivity contribution in [3.8, 4) is 0 Å². The van der Waals surface area contributed by atoms with E-state index < -0.39 is 12.1 Å². The van der Waals surface area contributed by atoms with Gasteiger partial charge in [0.05, 0.1) is 24.7 Å². The van der Waals surface area contributed by atoms with Crippen LogP contribution in [0.1, 0.15) is 16.9 Å². The van der Waals surface area contributed by atoms with Crippen LogP contribution in [-0.4, -0.2) is 47.7 Å². The average molecular weight is 375 g/mol. The predicted molar refractivity (Wildman–Crippen MR) is 97.2 cm³/mol. The number of carbonyl (C=O) groups is 2. The van der Waals surface area contributed by atoms with Crippen molar-refractivity contribution in [1.82, 2.24) is 4.90 Å². The smallest absolute Gasteiger partial charge is 0.306 e. The molecule has 1 saturated heterocycles. The van der Waals surface area contributed by atoms with Gasteiger partial charge in [-0.05, 0) is 35.2 Å². The van der Waals surface area contributed by atoms with Crippen LogP contribution in [0.5, 0.6) is 0 Å². The standard InChI is InChI=1S/C19H18FNO4S/c20-14-5-3-13(4-6-14)10-16(17-2-1-9-26-17)19(24)21-7-8-25-15(12-21)11-18(22)23/h1-6,9-10,15H,7-8,11-12H2,(H,22,23). The summed E-state index contributed by atoms with van der Waals surface area (Å²) in [5.74, 6) is -1.48. The Morgan fingerprint density at radius 1 is 1.31 bits per heavy atom. The first-order valence-corrected chi connectivity index (χ1v) is 9.04. The number of thiophene rings is 1. The quantitative estimate of drug-likeness (QED) is 0.816. The normalized spacial score (nSPS) is 18.0. The number of morpholine rings is 1. The van der Waals surface area contributed by atoms with Gasteiger partial charge in [-0.1, -0.05) is 18.2 Å². The second kappa shape index (κ2) is 8.25. The lowest BCUT2D eigenvalue weighted by molar-refractivity contribution is -0.145. The van der Waals surface area contributed by atoms with Gasteiger partial charge in [-0.25, -0.2) is 4.39 Å². The van der Waals surface area contributed by atoms with Crippen LogP contribution in [0.15, 0.2) is 41.8 Å². The minimum atomic E-state index is -0.954. The summed E-state index contributed by atoms with van der Waals surface area (Å²) in [5, 5.41) is 10.8. The first-order valence-electron chi connectivity index (χ1n) is 8.17. The maximum atomic E-state index is 13.1. The number of ether oxygens (including phenoxy) is 1. The molecule has 1 N–H and O–H groups in total. The Balaban J connectivity index is 1.86. The van der Waals surface area contributed by atoms with E-state index in [1.54, 1.807) is 23.1 Å². The highest BCUT2D eigenvalue weighted by molar-refractivity contribution is 7.11. The number of halogens is 1. The van der Waals surface area contributed by atoms with Crippen LogP contribution in [0.3, 0.4) is 0 Å². The number of hydrogen-bond donors (Lipinski definition) is 1. The Kier molecular flexibility index (Phi) is 5.80. The maximum Gasteiger partial charge on any atom is 0.306 e. The van der Waals surface area contributed by atoms with Crippen molar-refractivity contribution in [3.63, 3.8) is 0 Å². The molecule has 1 amide bonds.